The van der Waals surface area contributed by atoms with Crippen LogP contribution in [-0.2, 0) is 16.6 Å². The lowest BCUT2D eigenvalue weighted by Crippen LogP contribution is -2.53. The maximum Gasteiger partial charge on any atom is 0.236 e. The van der Waals surface area contributed by atoms with E-state index in [9.17, 15) is 9.59 Å². The monoisotopic (exact) mass is 519 g/mol. The van der Waals surface area contributed by atoms with Crippen LogP contribution in [0.25, 0.3) is 16.5 Å². The van der Waals surface area contributed by atoms with Crippen molar-refractivity contribution in [2.24, 2.45) is 23.9 Å². The average molecular weight is 520 g/mol. The van der Waals surface area contributed by atoms with Crippen molar-refractivity contribution in [3.8, 4) is 5.88 Å². The van der Waals surface area contributed by atoms with Gasteiger partial charge in [0.05, 0.1) is 29.2 Å². The SMILES string of the molecule is C[C@@H](Oc1nc(C2=CC([C@H]3CC[C@H](N4CCN(C)C(=O)C4)CC3)N=C2)cc2nn(C)cc12)[C@H]1CNC(=O)C1. The summed E-state index contributed by atoms with van der Waals surface area (Å²) in [6, 6.07) is 2.66. The summed E-state index contributed by atoms with van der Waals surface area (Å²) in [7, 11) is 3.79. The number of piperazine rings is 1. The number of nitrogens with one attached hydrogen (secondary N) is 1. The Morgan fingerprint density at radius 3 is 2.68 bits per heavy atom. The number of nitrogens with zero attached hydrogens (tertiary/aromatic N) is 6. The third-order valence-electron chi connectivity index (χ3n) is 8.81. The number of rotatable bonds is 6. The number of hydrogen-bond donors (Lipinski definition) is 1. The second-order valence-corrected chi connectivity index (χ2v) is 11.4. The predicted molar refractivity (Wildman–Crippen MR) is 145 cm³/mol. The maximum atomic E-state index is 12.2. The third kappa shape index (κ3) is 4.93. The van der Waals surface area contributed by atoms with Gasteiger partial charge in [-0.2, -0.15) is 5.10 Å². The van der Waals surface area contributed by atoms with Gasteiger partial charge in [0.25, 0.3) is 0 Å². The van der Waals surface area contributed by atoms with Crippen LogP contribution < -0.4 is 10.1 Å². The number of ether oxygens (including phenoxy) is 1. The Kier molecular flexibility index (Phi) is 6.67. The third-order valence-corrected chi connectivity index (χ3v) is 8.81. The van der Waals surface area contributed by atoms with Gasteiger partial charge >= 0.3 is 0 Å². The summed E-state index contributed by atoms with van der Waals surface area (Å²) >= 11 is 0. The molecule has 0 radical (unpaired) electrons. The Morgan fingerprint density at radius 1 is 1.13 bits per heavy atom. The summed E-state index contributed by atoms with van der Waals surface area (Å²) in [6.45, 7) is 4.98. The number of carbonyl (C=O) groups excluding carboxylic acids is 2. The summed E-state index contributed by atoms with van der Waals surface area (Å²) in [5, 5.41) is 8.38. The zero-order valence-electron chi connectivity index (χ0n) is 22.5. The standard InChI is InChI=1S/C28H37N7O3/c1-17(19-11-26(36)30-13-19)38-28-22-15-34(3)32-25(22)12-24(31-28)20-10-23(29-14-20)18-4-6-21(7-5-18)35-9-8-33(2)27(37)16-35/h10,12,14-15,17-19,21,23H,4-9,11,13,16H2,1-3H3,(H,30,36)/t17-,18-,19-,21-,23?/m1/s1. The molecule has 2 aromatic rings. The Labute approximate surface area is 223 Å². The van der Waals surface area contributed by atoms with E-state index in [1.54, 1.807) is 4.68 Å². The van der Waals surface area contributed by atoms with Gasteiger partial charge in [0.15, 0.2) is 0 Å². The quantitative estimate of drug-likeness (QED) is 0.626. The second-order valence-electron chi connectivity index (χ2n) is 11.4. The molecule has 10 heteroatoms. The Hall–Kier alpha value is -3.27. The molecule has 2 saturated heterocycles. The molecule has 1 N–H and O–H groups in total. The van der Waals surface area contributed by atoms with E-state index < -0.39 is 0 Å². The molecule has 38 heavy (non-hydrogen) atoms. The molecule has 3 atom stereocenters. The lowest BCUT2D eigenvalue weighted by Gasteiger charge is -2.41. The maximum absolute atomic E-state index is 12.2. The minimum absolute atomic E-state index is 0.0723. The van der Waals surface area contributed by atoms with E-state index >= 15 is 0 Å². The first-order valence-corrected chi connectivity index (χ1v) is 13.8. The van der Waals surface area contributed by atoms with Crippen LogP contribution in [0.15, 0.2) is 23.3 Å². The molecule has 3 fully saturated rings. The van der Waals surface area contributed by atoms with Crippen molar-refractivity contribution in [2.45, 2.75) is 57.2 Å². The minimum atomic E-state index is -0.148. The number of aromatic nitrogens is 3. The number of aliphatic imine (C=N–C) groups is 1. The minimum Gasteiger partial charge on any atom is -0.474 e. The predicted octanol–water partition coefficient (Wildman–Crippen LogP) is 2.04. The van der Waals surface area contributed by atoms with Crippen LogP contribution in [0, 0.1) is 11.8 Å². The Balaban J connectivity index is 1.15. The molecular formula is C28H37N7O3. The van der Waals surface area contributed by atoms with E-state index in [-0.39, 0.29) is 29.9 Å². The second kappa shape index (κ2) is 10.1. The fraction of sp³-hybridized carbons (Fsp3) is 0.607. The van der Waals surface area contributed by atoms with Crippen LogP contribution in [-0.4, -0.2) is 94.0 Å². The van der Waals surface area contributed by atoms with Crippen molar-refractivity contribution >= 4 is 34.5 Å². The summed E-state index contributed by atoms with van der Waals surface area (Å²) in [4.78, 5) is 37.9. The van der Waals surface area contributed by atoms with Gasteiger partial charge in [0.1, 0.15) is 6.10 Å². The Morgan fingerprint density at radius 2 is 1.95 bits per heavy atom. The van der Waals surface area contributed by atoms with Crippen molar-refractivity contribution < 1.29 is 14.3 Å². The fourth-order valence-corrected chi connectivity index (χ4v) is 6.32. The molecule has 4 aliphatic rings. The zero-order chi connectivity index (χ0) is 26.4. The molecule has 2 amide bonds. The molecule has 0 aromatic carbocycles. The fourth-order valence-electron chi connectivity index (χ4n) is 6.32. The molecule has 3 aliphatic heterocycles. The molecule has 1 saturated carbocycles. The van der Waals surface area contributed by atoms with Crippen molar-refractivity contribution in [1.82, 2.24) is 29.9 Å². The van der Waals surface area contributed by atoms with E-state index in [1.165, 1.54) is 0 Å². The lowest BCUT2D eigenvalue weighted by atomic mass is 9.81. The first-order valence-electron chi connectivity index (χ1n) is 13.8. The van der Waals surface area contributed by atoms with Gasteiger partial charge in [-0.1, -0.05) is 0 Å². The molecule has 2 aromatic heterocycles. The summed E-state index contributed by atoms with van der Waals surface area (Å²) in [6.07, 6.45) is 10.9. The van der Waals surface area contributed by atoms with Crippen molar-refractivity contribution in [1.29, 1.82) is 0 Å². The first kappa shape index (κ1) is 25.0. The number of carbonyl (C=O) groups is 2. The number of aryl methyl sites for hydroxylation is 1. The van der Waals surface area contributed by atoms with Crippen LogP contribution in [0.5, 0.6) is 5.88 Å². The largest absolute Gasteiger partial charge is 0.474 e. The highest BCUT2D eigenvalue weighted by atomic mass is 16.5. The number of allylic oxidation sites excluding steroid dienone is 1. The van der Waals surface area contributed by atoms with Crippen LogP contribution >= 0.6 is 0 Å². The first-order chi connectivity index (χ1) is 18.3. The molecule has 202 valence electrons. The number of amides is 2. The van der Waals surface area contributed by atoms with Gasteiger partial charge in [-0.25, -0.2) is 4.98 Å². The van der Waals surface area contributed by atoms with E-state index in [2.05, 4.69) is 21.4 Å². The number of pyridine rings is 1. The van der Waals surface area contributed by atoms with Crippen molar-refractivity contribution in [3.63, 3.8) is 0 Å². The van der Waals surface area contributed by atoms with Crippen LogP contribution in [0.3, 0.4) is 0 Å². The molecule has 1 unspecified atom stereocenters. The smallest absolute Gasteiger partial charge is 0.236 e. The van der Waals surface area contributed by atoms with Gasteiger partial charge in [-0.3, -0.25) is 24.2 Å². The molecule has 1 aliphatic carbocycles. The van der Waals surface area contributed by atoms with Gasteiger partial charge < -0.3 is 15.0 Å². The molecule has 0 bridgehead atoms. The molecule has 0 spiro atoms. The number of likely N-dealkylation sites (N-methyl/N-ethyl adjacent to an activating group) is 1. The van der Waals surface area contributed by atoms with Crippen molar-refractivity contribution in [3.05, 3.63) is 24.0 Å². The zero-order valence-corrected chi connectivity index (χ0v) is 22.5. The molecule has 6 rings (SSSR count). The lowest BCUT2D eigenvalue weighted by molar-refractivity contribution is -0.135. The van der Waals surface area contributed by atoms with Gasteiger partial charge in [0, 0.05) is 70.1 Å². The van der Waals surface area contributed by atoms with Gasteiger partial charge in [-0.15, -0.1) is 0 Å². The summed E-state index contributed by atoms with van der Waals surface area (Å²) in [5.41, 5.74) is 2.65. The van der Waals surface area contributed by atoms with Crippen molar-refractivity contribution in [2.75, 3.05) is 33.2 Å². The van der Waals surface area contributed by atoms with Crippen LogP contribution in [0.2, 0.25) is 0 Å². The number of fused-ring (bicyclic) bond motifs is 1. The molecule has 10 nitrogen and oxygen atoms in total. The average Bonchev–Trinajstić information content (AvgIpc) is 3.65. The highest BCUT2D eigenvalue weighted by Crippen LogP contribution is 2.36. The summed E-state index contributed by atoms with van der Waals surface area (Å²) < 4.78 is 8.12. The van der Waals surface area contributed by atoms with Gasteiger partial charge in [-0.05, 0) is 50.7 Å². The van der Waals surface area contributed by atoms with Crippen LogP contribution in [0.4, 0.5) is 0 Å². The molecular weight excluding hydrogens is 482 g/mol. The molecule has 5 heterocycles. The highest BCUT2D eigenvalue weighted by Gasteiger charge is 2.34. The van der Waals surface area contributed by atoms with E-state index in [0.29, 0.717) is 37.4 Å². The van der Waals surface area contributed by atoms with E-state index in [0.717, 1.165) is 60.9 Å². The van der Waals surface area contributed by atoms with E-state index in [4.69, 9.17) is 14.7 Å². The van der Waals surface area contributed by atoms with Gasteiger partial charge in [0.2, 0.25) is 17.7 Å². The van der Waals surface area contributed by atoms with E-state index in [1.807, 2.05) is 44.4 Å². The normalized spacial score (nSPS) is 29.1. The summed E-state index contributed by atoms with van der Waals surface area (Å²) in [5.74, 6) is 1.48. The topological polar surface area (TPSA) is 105 Å². The van der Waals surface area contributed by atoms with Crippen LogP contribution in [0.1, 0.15) is 44.7 Å². The Bertz CT molecular complexity index is 1290. The highest BCUT2D eigenvalue weighted by molar-refractivity contribution is 6.12. The number of hydrogen-bond acceptors (Lipinski definition) is 7.